The summed E-state index contributed by atoms with van der Waals surface area (Å²) in [6.45, 7) is 8.71. The van der Waals surface area contributed by atoms with Crippen molar-refractivity contribution in [3.8, 4) is 0 Å². The first kappa shape index (κ1) is 15.9. The molecular formula is C16H24BrFN2. The van der Waals surface area contributed by atoms with Crippen molar-refractivity contribution in [1.82, 2.24) is 10.2 Å². The van der Waals surface area contributed by atoms with E-state index in [1.807, 2.05) is 6.07 Å². The average Bonchev–Trinajstić information content (AvgIpc) is 2.66. The standard InChI is InChI=1S/C16H24BrFN2/c1-3-12(2)16-11-20(8-4-7-19-16)10-13-5-6-14(18)9-15(13)17/h5-6,9,12,16,19H,3-4,7-8,10-11H2,1-2H3. The molecular weight excluding hydrogens is 319 g/mol. The lowest BCUT2D eigenvalue weighted by atomic mass is 9.99. The summed E-state index contributed by atoms with van der Waals surface area (Å²) in [5.74, 6) is 0.503. The van der Waals surface area contributed by atoms with E-state index < -0.39 is 0 Å². The molecule has 0 spiro atoms. The van der Waals surface area contributed by atoms with Crippen LogP contribution in [-0.4, -0.2) is 30.6 Å². The largest absolute Gasteiger partial charge is 0.312 e. The molecule has 2 unspecified atom stereocenters. The summed E-state index contributed by atoms with van der Waals surface area (Å²) in [4.78, 5) is 2.48. The topological polar surface area (TPSA) is 15.3 Å². The summed E-state index contributed by atoms with van der Waals surface area (Å²) in [5.41, 5.74) is 1.16. The Hall–Kier alpha value is -0.450. The van der Waals surface area contributed by atoms with Crippen LogP contribution in [0.4, 0.5) is 4.39 Å². The van der Waals surface area contributed by atoms with Gasteiger partial charge in [-0.1, -0.05) is 42.3 Å². The highest BCUT2D eigenvalue weighted by Gasteiger charge is 2.22. The van der Waals surface area contributed by atoms with Crippen LogP contribution in [-0.2, 0) is 6.54 Å². The Morgan fingerprint density at radius 1 is 1.50 bits per heavy atom. The molecule has 1 saturated heterocycles. The zero-order chi connectivity index (χ0) is 14.5. The molecule has 1 heterocycles. The van der Waals surface area contributed by atoms with Crippen molar-refractivity contribution in [3.63, 3.8) is 0 Å². The van der Waals surface area contributed by atoms with Crippen molar-refractivity contribution >= 4 is 15.9 Å². The molecule has 1 aromatic rings. The minimum absolute atomic E-state index is 0.185. The van der Waals surface area contributed by atoms with Crippen LogP contribution in [0, 0.1) is 11.7 Å². The summed E-state index contributed by atoms with van der Waals surface area (Å²) < 4.78 is 14.0. The van der Waals surface area contributed by atoms with Crippen LogP contribution in [0.3, 0.4) is 0 Å². The lowest BCUT2D eigenvalue weighted by Gasteiger charge is -2.28. The molecule has 4 heteroatoms. The van der Waals surface area contributed by atoms with E-state index in [4.69, 9.17) is 0 Å². The summed E-state index contributed by atoms with van der Waals surface area (Å²) in [5, 5.41) is 3.66. The molecule has 2 nitrogen and oxygen atoms in total. The van der Waals surface area contributed by atoms with Gasteiger partial charge in [-0.3, -0.25) is 4.90 Å². The van der Waals surface area contributed by atoms with Crippen LogP contribution in [0.1, 0.15) is 32.3 Å². The Morgan fingerprint density at radius 3 is 3.00 bits per heavy atom. The van der Waals surface area contributed by atoms with Gasteiger partial charge in [0, 0.05) is 23.6 Å². The quantitative estimate of drug-likeness (QED) is 0.895. The van der Waals surface area contributed by atoms with Gasteiger partial charge in [0.25, 0.3) is 0 Å². The van der Waals surface area contributed by atoms with Crippen molar-refractivity contribution in [2.45, 2.75) is 39.3 Å². The number of nitrogens with zero attached hydrogens (tertiary/aromatic N) is 1. The molecule has 0 saturated carbocycles. The van der Waals surface area contributed by atoms with E-state index >= 15 is 0 Å². The summed E-state index contributed by atoms with van der Waals surface area (Å²) in [7, 11) is 0. The maximum atomic E-state index is 13.2. The smallest absolute Gasteiger partial charge is 0.124 e. The van der Waals surface area contributed by atoms with E-state index in [0.29, 0.717) is 12.0 Å². The van der Waals surface area contributed by atoms with E-state index in [0.717, 1.165) is 36.2 Å². The second-order valence-electron chi connectivity index (χ2n) is 5.77. The van der Waals surface area contributed by atoms with Gasteiger partial charge in [0.15, 0.2) is 0 Å². The normalized spacial score (nSPS) is 22.5. The second-order valence-corrected chi connectivity index (χ2v) is 6.62. The maximum absolute atomic E-state index is 13.2. The van der Waals surface area contributed by atoms with Gasteiger partial charge in [-0.25, -0.2) is 4.39 Å². The van der Waals surface area contributed by atoms with Crippen LogP contribution in [0.15, 0.2) is 22.7 Å². The highest BCUT2D eigenvalue weighted by molar-refractivity contribution is 9.10. The van der Waals surface area contributed by atoms with Gasteiger partial charge in [0.1, 0.15) is 5.82 Å². The van der Waals surface area contributed by atoms with Crippen LogP contribution >= 0.6 is 15.9 Å². The van der Waals surface area contributed by atoms with E-state index in [1.165, 1.54) is 12.8 Å². The van der Waals surface area contributed by atoms with Crippen LogP contribution in [0.2, 0.25) is 0 Å². The fourth-order valence-corrected chi connectivity index (χ4v) is 3.20. The minimum Gasteiger partial charge on any atom is -0.312 e. The average molecular weight is 343 g/mol. The Morgan fingerprint density at radius 2 is 2.30 bits per heavy atom. The molecule has 0 amide bonds. The third-order valence-corrected chi connectivity index (χ3v) is 4.99. The van der Waals surface area contributed by atoms with Crippen LogP contribution in [0.25, 0.3) is 0 Å². The molecule has 1 aliphatic rings. The van der Waals surface area contributed by atoms with E-state index in [1.54, 1.807) is 12.1 Å². The number of hydrogen-bond donors (Lipinski definition) is 1. The van der Waals surface area contributed by atoms with Crippen molar-refractivity contribution in [1.29, 1.82) is 0 Å². The molecule has 1 N–H and O–H groups in total. The molecule has 1 aromatic carbocycles. The monoisotopic (exact) mass is 342 g/mol. The Kier molecular flexibility index (Phi) is 6.00. The third kappa shape index (κ3) is 4.27. The van der Waals surface area contributed by atoms with Gasteiger partial charge in [0.05, 0.1) is 0 Å². The third-order valence-electron chi connectivity index (χ3n) is 4.25. The van der Waals surface area contributed by atoms with Gasteiger partial charge < -0.3 is 5.32 Å². The minimum atomic E-state index is -0.185. The highest BCUT2D eigenvalue weighted by Crippen LogP contribution is 2.21. The molecule has 2 atom stereocenters. The van der Waals surface area contributed by atoms with Crippen molar-refractivity contribution in [2.75, 3.05) is 19.6 Å². The lowest BCUT2D eigenvalue weighted by molar-refractivity contribution is 0.231. The summed E-state index contributed by atoms with van der Waals surface area (Å²) in [6.07, 6.45) is 2.37. The number of rotatable bonds is 4. The molecule has 2 rings (SSSR count). The predicted octanol–water partition coefficient (Wildman–Crippen LogP) is 3.80. The number of nitrogens with one attached hydrogen (secondary N) is 1. The first-order chi connectivity index (χ1) is 9.60. The van der Waals surface area contributed by atoms with E-state index in [9.17, 15) is 4.39 Å². The maximum Gasteiger partial charge on any atom is 0.124 e. The number of halogens is 2. The predicted molar refractivity (Wildman–Crippen MR) is 85.2 cm³/mol. The van der Waals surface area contributed by atoms with Gasteiger partial charge >= 0.3 is 0 Å². The molecule has 20 heavy (non-hydrogen) atoms. The number of hydrogen-bond acceptors (Lipinski definition) is 2. The van der Waals surface area contributed by atoms with Gasteiger partial charge in [-0.15, -0.1) is 0 Å². The van der Waals surface area contributed by atoms with Crippen LogP contribution < -0.4 is 5.32 Å². The molecule has 0 aliphatic carbocycles. The van der Waals surface area contributed by atoms with Gasteiger partial charge in [-0.2, -0.15) is 0 Å². The van der Waals surface area contributed by atoms with Crippen molar-refractivity contribution in [3.05, 3.63) is 34.1 Å². The SMILES string of the molecule is CCC(C)C1CN(Cc2ccc(F)cc2Br)CCCN1. The molecule has 0 bridgehead atoms. The first-order valence-corrected chi connectivity index (χ1v) is 8.29. The Bertz CT molecular complexity index is 438. The summed E-state index contributed by atoms with van der Waals surface area (Å²) in [6, 6.07) is 5.54. The second kappa shape index (κ2) is 7.53. The van der Waals surface area contributed by atoms with E-state index in [-0.39, 0.29) is 5.82 Å². The van der Waals surface area contributed by atoms with Gasteiger partial charge in [-0.05, 0) is 43.1 Å². The van der Waals surface area contributed by atoms with E-state index in [2.05, 4.69) is 40.0 Å². The van der Waals surface area contributed by atoms with Crippen molar-refractivity contribution in [2.24, 2.45) is 5.92 Å². The lowest BCUT2D eigenvalue weighted by Crippen LogP contribution is -2.41. The molecule has 1 aliphatic heterocycles. The molecule has 0 radical (unpaired) electrons. The zero-order valence-corrected chi connectivity index (χ0v) is 13.9. The van der Waals surface area contributed by atoms with Crippen molar-refractivity contribution < 1.29 is 4.39 Å². The van der Waals surface area contributed by atoms with Gasteiger partial charge in [0.2, 0.25) is 0 Å². The first-order valence-electron chi connectivity index (χ1n) is 7.49. The Labute approximate surface area is 129 Å². The Balaban J connectivity index is 2.03. The van der Waals surface area contributed by atoms with Crippen LogP contribution in [0.5, 0.6) is 0 Å². The molecule has 112 valence electrons. The molecule has 0 aromatic heterocycles. The number of benzene rings is 1. The zero-order valence-electron chi connectivity index (χ0n) is 12.3. The fraction of sp³-hybridized carbons (Fsp3) is 0.625. The highest BCUT2D eigenvalue weighted by atomic mass is 79.9. The summed E-state index contributed by atoms with van der Waals surface area (Å²) >= 11 is 3.47. The molecule has 1 fully saturated rings. The fourth-order valence-electron chi connectivity index (χ4n) is 2.72.